The maximum absolute atomic E-state index is 12.2. The zero-order chi connectivity index (χ0) is 17.6. The molecule has 0 aliphatic carbocycles. The van der Waals surface area contributed by atoms with E-state index >= 15 is 0 Å². The molecule has 2 aromatic rings. The zero-order valence-corrected chi connectivity index (χ0v) is 14.7. The van der Waals surface area contributed by atoms with Gasteiger partial charge in [0.05, 0.1) is 22.9 Å². The topological polar surface area (TPSA) is 72.5 Å². The van der Waals surface area contributed by atoms with Gasteiger partial charge in [-0.05, 0) is 43.3 Å². The van der Waals surface area contributed by atoms with Gasteiger partial charge in [0.15, 0.2) is 9.84 Å². The van der Waals surface area contributed by atoms with Crippen molar-refractivity contribution in [3.63, 3.8) is 0 Å². The Morgan fingerprint density at radius 3 is 2.46 bits per heavy atom. The standard InChI is InChI=1S/C17H18ClNO4S/c1-2-23-16-6-4-3-5-15(16)19-17(20)11-12-24(21,22)14-9-7-13(18)8-10-14/h3-10H,2,11-12H2,1H3,(H,19,20). The molecule has 0 unspecified atom stereocenters. The van der Waals surface area contributed by atoms with Gasteiger partial charge in [-0.15, -0.1) is 0 Å². The van der Waals surface area contributed by atoms with Gasteiger partial charge < -0.3 is 10.1 Å². The van der Waals surface area contributed by atoms with Crippen LogP contribution >= 0.6 is 11.6 Å². The van der Waals surface area contributed by atoms with E-state index in [2.05, 4.69) is 5.32 Å². The van der Waals surface area contributed by atoms with Crippen LogP contribution in [0, 0.1) is 0 Å². The number of sulfone groups is 1. The first-order chi connectivity index (χ1) is 11.4. The number of ether oxygens (including phenoxy) is 1. The number of hydrogen-bond acceptors (Lipinski definition) is 4. The summed E-state index contributed by atoms with van der Waals surface area (Å²) in [6.45, 7) is 2.31. The van der Waals surface area contributed by atoms with E-state index in [0.29, 0.717) is 23.1 Å². The molecule has 0 aliphatic heterocycles. The molecule has 0 fully saturated rings. The van der Waals surface area contributed by atoms with Crippen LogP contribution in [0.2, 0.25) is 5.02 Å². The third kappa shape index (κ3) is 4.97. The summed E-state index contributed by atoms with van der Waals surface area (Å²) in [5.41, 5.74) is 0.522. The number of halogens is 1. The molecule has 7 heteroatoms. The number of carbonyl (C=O) groups excluding carboxylic acids is 1. The van der Waals surface area contributed by atoms with Crippen molar-refractivity contribution in [3.05, 3.63) is 53.6 Å². The summed E-state index contributed by atoms with van der Waals surface area (Å²) in [6.07, 6.45) is -0.147. The molecule has 0 saturated carbocycles. The fourth-order valence-corrected chi connectivity index (χ4v) is 3.42. The highest BCUT2D eigenvalue weighted by molar-refractivity contribution is 7.91. The molecular formula is C17H18ClNO4S. The molecule has 0 aromatic heterocycles. The van der Waals surface area contributed by atoms with Crippen LogP contribution in [0.4, 0.5) is 5.69 Å². The van der Waals surface area contributed by atoms with E-state index in [4.69, 9.17) is 16.3 Å². The fourth-order valence-electron chi connectivity index (χ4n) is 2.05. The van der Waals surface area contributed by atoms with E-state index in [1.54, 1.807) is 24.3 Å². The zero-order valence-electron chi connectivity index (χ0n) is 13.2. The van der Waals surface area contributed by atoms with Crippen molar-refractivity contribution in [2.24, 2.45) is 0 Å². The summed E-state index contributed by atoms with van der Waals surface area (Å²) in [4.78, 5) is 12.2. The Labute approximate surface area is 146 Å². The lowest BCUT2D eigenvalue weighted by atomic mass is 10.3. The molecule has 1 N–H and O–H groups in total. The minimum atomic E-state index is -3.54. The van der Waals surface area contributed by atoms with Crippen LogP contribution in [-0.4, -0.2) is 26.7 Å². The Balaban J connectivity index is 1.99. The predicted molar refractivity (Wildman–Crippen MR) is 94.4 cm³/mol. The average Bonchev–Trinajstić information content (AvgIpc) is 2.56. The van der Waals surface area contributed by atoms with Crippen molar-refractivity contribution in [2.45, 2.75) is 18.2 Å². The number of nitrogens with one attached hydrogen (secondary N) is 1. The average molecular weight is 368 g/mol. The Morgan fingerprint density at radius 2 is 1.79 bits per heavy atom. The Morgan fingerprint density at radius 1 is 1.12 bits per heavy atom. The van der Waals surface area contributed by atoms with E-state index in [-0.39, 0.29) is 23.0 Å². The molecule has 5 nitrogen and oxygen atoms in total. The van der Waals surface area contributed by atoms with Crippen molar-refractivity contribution in [3.8, 4) is 5.75 Å². The van der Waals surface area contributed by atoms with Gasteiger partial charge in [-0.3, -0.25) is 4.79 Å². The van der Waals surface area contributed by atoms with E-state index in [1.165, 1.54) is 24.3 Å². The van der Waals surface area contributed by atoms with Gasteiger partial charge >= 0.3 is 0 Å². The van der Waals surface area contributed by atoms with E-state index in [0.717, 1.165) is 0 Å². The second kappa shape index (κ2) is 8.17. The first kappa shape index (κ1) is 18.3. The Kier molecular flexibility index (Phi) is 6.23. The summed E-state index contributed by atoms with van der Waals surface area (Å²) in [5, 5.41) is 3.14. The van der Waals surface area contributed by atoms with E-state index in [1.807, 2.05) is 6.92 Å². The molecular weight excluding hydrogens is 350 g/mol. The predicted octanol–water partition coefficient (Wildman–Crippen LogP) is 3.54. The minimum Gasteiger partial charge on any atom is -0.492 e. The van der Waals surface area contributed by atoms with Gasteiger partial charge in [0, 0.05) is 11.4 Å². The number of anilines is 1. The third-order valence-electron chi connectivity index (χ3n) is 3.23. The van der Waals surface area contributed by atoms with Crippen LogP contribution in [0.25, 0.3) is 0 Å². The molecule has 128 valence electrons. The van der Waals surface area contributed by atoms with Crippen LogP contribution in [0.1, 0.15) is 13.3 Å². The molecule has 0 heterocycles. The molecule has 0 aliphatic rings. The molecule has 0 atom stereocenters. The summed E-state index contributed by atoms with van der Waals surface area (Å²) in [5.74, 6) is -0.120. The highest BCUT2D eigenvalue weighted by atomic mass is 35.5. The maximum Gasteiger partial charge on any atom is 0.225 e. The van der Waals surface area contributed by atoms with Gasteiger partial charge in [0.1, 0.15) is 5.75 Å². The van der Waals surface area contributed by atoms with Gasteiger partial charge in [0.2, 0.25) is 5.91 Å². The number of carbonyl (C=O) groups is 1. The maximum atomic E-state index is 12.2. The van der Waals surface area contributed by atoms with Gasteiger partial charge in [-0.1, -0.05) is 23.7 Å². The fraction of sp³-hybridized carbons (Fsp3) is 0.235. The number of rotatable bonds is 7. The van der Waals surface area contributed by atoms with Crippen molar-refractivity contribution in [1.29, 1.82) is 0 Å². The molecule has 2 aromatic carbocycles. The highest BCUT2D eigenvalue weighted by Gasteiger charge is 2.17. The summed E-state index contributed by atoms with van der Waals surface area (Å²) < 4.78 is 29.9. The lowest BCUT2D eigenvalue weighted by molar-refractivity contribution is -0.115. The monoisotopic (exact) mass is 367 g/mol. The molecule has 1 amide bonds. The second-order valence-corrected chi connectivity index (χ2v) is 7.55. The summed E-state index contributed by atoms with van der Waals surface area (Å²) in [6, 6.07) is 12.9. The molecule has 24 heavy (non-hydrogen) atoms. The number of hydrogen-bond donors (Lipinski definition) is 1. The quantitative estimate of drug-likeness (QED) is 0.812. The van der Waals surface area contributed by atoms with Crippen LogP contribution in [-0.2, 0) is 14.6 Å². The second-order valence-electron chi connectivity index (χ2n) is 5.00. The molecule has 0 spiro atoms. The lowest BCUT2D eigenvalue weighted by Gasteiger charge is -2.11. The van der Waals surface area contributed by atoms with E-state index in [9.17, 15) is 13.2 Å². The number of amides is 1. The van der Waals surface area contributed by atoms with E-state index < -0.39 is 9.84 Å². The van der Waals surface area contributed by atoms with Crippen molar-refractivity contribution in [1.82, 2.24) is 0 Å². The Bertz CT molecular complexity index is 804. The first-order valence-electron chi connectivity index (χ1n) is 7.42. The van der Waals surface area contributed by atoms with Crippen LogP contribution < -0.4 is 10.1 Å². The number of para-hydroxylation sites is 2. The SMILES string of the molecule is CCOc1ccccc1NC(=O)CCS(=O)(=O)c1ccc(Cl)cc1. The van der Waals surface area contributed by atoms with Crippen LogP contribution in [0.5, 0.6) is 5.75 Å². The lowest BCUT2D eigenvalue weighted by Crippen LogP contribution is -2.18. The highest BCUT2D eigenvalue weighted by Crippen LogP contribution is 2.24. The van der Waals surface area contributed by atoms with Crippen molar-refractivity contribution in [2.75, 3.05) is 17.7 Å². The van der Waals surface area contributed by atoms with Crippen LogP contribution in [0.3, 0.4) is 0 Å². The van der Waals surface area contributed by atoms with Gasteiger partial charge in [0.25, 0.3) is 0 Å². The summed E-state index contributed by atoms with van der Waals surface area (Å²) in [7, 11) is -3.54. The minimum absolute atomic E-state index is 0.147. The molecule has 2 rings (SSSR count). The van der Waals surface area contributed by atoms with Gasteiger partial charge in [-0.25, -0.2) is 8.42 Å². The first-order valence-corrected chi connectivity index (χ1v) is 9.45. The summed E-state index contributed by atoms with van der Waals surface area (Å²) >= 11 is 5.75. The van der Waals surface area contributed by atoms with Gasteiger partial charge in [-0.2, -0.15) is 0 Å². The van der Waals surface area contributed by atoms with Crippen molar-refractivity contribution >= 4 is 33.0 Å². The molecule has 0 bridgehead atoms. The Hall–Kier alpha value is -2.05. The van der Waals surface area contributed by atoms with Crippen molar-refractivity contribution < 1.29 is 17.9 Å². The van der Waals surface area contributed by atoms with Crippen LogP contribution in [0.15, 0.2) is 53.4 Å². The molecule has 0 saturated heterocycles. The normalized spacial score (nSPS) is 11.1. The smallest absolute Gasteiger partial charge is 0.225 e. The molecule has 0 radical (unpaired) electrons. The number of benzene rings is 2. The third-order valence-corrected chi connectivity index (χ3v) is 5.22. The largest absolute Gasteiger partial charge is 0.492 e.